The number of nitrogens with zero attached hydrogens (tertiary/aromatic N) is 4. The van der Waals surface area contributed by atoms with Crippen molar-refractivity contribution >= 4 is 17.5 Å². The summed E-state index contributed by atoms with van der Waals surface area (Å²) in [7, 11) is 0. The molecule has 0 aliphatic rings. The van der Waals surface area contributed by atoms with Gasteiger partial charge in [-0.05, 0) is 36.6 Å². The van der Waals surface area contributed by atoms with Crippen molar-refractivity contribution in [1.29, 1.82) is 0 Å². The Balaban J connectivity index is 1.81. The van der Waals surface area contributed by atoms with E-state index in [1.807, 2.05) is 20.8 Å². The lowest BCUT2D eigenvalue weighted by atomic mass is 9.97. The molecule has 1 aromatic carbocycles. The van der Waals surface area contributed by atoms with Crippen LogP contribution in [0.25, 0.3) is 5.69 Å². The number of halogens is 4. The van der Waals surface area contributed by atoms with Crippen LogP contribution in [0.5, 0.6) is 0 Å². The monoisotopic (exact) mass is 478 g/mol. The summed E-state index contributed by atoms with van der Waals surface area (Å²) in [5.41, 5.74) is -0.866. The Labute approximate surface area is 192 Å². The van der Waals surface area contributed by atoms with Gasteiger partial charge in [0.15, 0.2) is 5.69 Å². The maximum absolute atomic E-state index is 13.6. The second-order valence-electron chi connectivity index (χ2n) is 8.80. The molecule has 2 heterocycles. The molecule has 0 bridgehead atoms. The third-order valence-corrected chi connectivity index (χ3v) is 4.56. The molecule has 2 N–H and O–H groups in total. The molecule has 0 atom stereocenters. The van der Waals surface area contributed by atoms with Crippen molar-refractivity contribution in [2.75, 3.05) is 11.9 Å². The van der Waals surface area contributed by atoms with Crippen LogP contribution in [0.2, 0.25) is 0 Å². The van der Waals surface area contributed by atoms with E-state index in [1.54, 1.807) is 6.92 Å². The molecule has 0 aliphatic heterocycles. The number of hydrogen-bond donors (Lipinski definition) is 2. The van der Waals surface area contributed by atoms with Gasteiger partial charge in [0.2, 0.25) is 0 Å². The number of benzene rings is 1. The van der Waals surface area contributed by atoms with E-state index in [1.165, 1.54) is 23.1 Å². The van der Waals surface area contributed by atoms with Gasteiger partial charge in [-0.15, -0.1) is 5.10 Å². The van der Waals surface area contributed by atoms with Gasteiger partial charge in [-0.2, -0.15) is 13.2 Å². The van der Waals surface area contributed by atoms with Gasteiger partial charge in [-0.1, -0.05) is 26.0 Å². The topological polar surface area (TPSA) is 102 Å². The molecule has 34 heavy (non-hydrogen) atoms. The van der Waals surface area contributed by atoms with E-state index in [9.17, 15) is 27.2 Å². The number of nitrogens with one attached hydrogen (secondary N) is 2. The zero-order valence-corrected chi connectivity index (χ0v) is 18.8. The van der Waals surface area contributed by atoms with Crippen LogP contribution in [0, 0.1) is 18.2 Å². The van der Waals surface area contributed by atoms with Crippen LogP contribution in [-0.2, 0) is 6.18 Å². The summed E-state index contributed by atoms with van der Waals surface area (Å²) in [6.45, 7) is 7.98. The molecule has 3 aromatic rings. The summed E-state index contributed by atoms with van der Waals surface area (Å²) in [5.74, 6) is -2.56. The van der Waals surface area contributed by atoms with Gasteiger partial charge < -0.3 is 10.6 Å². The smallest absolute Gasteiger partial charge is 0.350 e. The van der Waals surface area contributed by atoms with Crippen LogP contribution < -0.4 is 10.6 Å². The first-order chi connectivity index (χ1) is 15.7. The van der Waals surface area contributed by atoms with E-state index < -0.39 is 34.9 Å². The number of aromatic nitrogens is 4. The highest BCUT2D eigenvalue weighted by atomic mass is 19.4. The van der Waals surface area contributed by atoms with E-state index in [4.69, 9.17) is 0 Å². The van der Waals surface area contributed by atoms with Crippen molar-refractivity contribution in [2.45, 2.75) is 33.9 Å². The Morgan fingerprint density at radius 1 is 1.06 bits per heavy atom. The number of anilines is 1. The second kappa shape index (κ2) is 9.20. The summed E-state index contributed by atoms with van der Waals surface area (Å²) < 4.78 is 53.7. The van der Waals surface area contributed by atoms with Crippen LogP contribution in [0.1, 0.15) is 52.9 Å². The zero-order valence-electron chi connectivity index (χ0n) is 18.8. The predicted molar refractivity (Wildman–Crippen MR) is 115 cm³/mol. The Morgan fingerprint density at radius 2 is 1.76 bits per heavy atom. The summed E-state index contributed by atoms with van der Waals surface area (Å²) in [4.78, 5) is 28.9. The number of rotatable bonds is 5. The maximum atomic E-state index is 13.6. The zero-order chi connectivity index (χ0) is 25.3. The van der Waals surface area contributed by atoms with Crippen molar-refractivity contribution in [1.82, 2.24) is 25.3 Å². The van der Waals surface area contributed by atoms with Gasteiger partial charge >= 0.3 is 6.18 Å². The molecule has 0 fully saturated rings. The van der Waals surface area contributed by atoms with E-state index in [0.29, 0.717) is 36.1 Å². The number of amides is 2. The minimum atomic E-state index is -4.81. The third kappa shape index (κ3) is 6.15. The molecule has 8 nitrogen and oxygen atoms in total. The highest BCUT2D eigenvalue weighted by molar-refractivity contribution is 6.04. The average molecular weight is 478 g/mol. The van der Waals surface area contributed by atoms with Crippen molar-refractivity contribution in [3.05, 3.63) is 65.0 Å². The van der Waals surface area contributed by atoms with Gasteiger partial charge in [0.25, 0.3) is 11.8 Å². The SMILES string of the molecule is Cc1ncc(NC(=O)c2cc(F)cc(C(F)(F)F)c2)cc1-n1cc(C(=O)NCC(C)(C)C)nn1. The maximum Gasteiger partial charge on any atom is 0.416 e. The minimum absolute atomic E-state index is 0.0672. The Kier molecular flexibility index (Phi) is 6.71. The molecule has 0 spiro atoms. The van der Waals surface area contributed by atoms with Crippen LogP contribution in [-0.4, -0.2) is 38.3 Å². The minimum Gasteiger partial charge on any atom is -0.350 e. The van der Waals surface area contributed by atoms with Gasteiger partial charge in [0.1, 0.15) is 5.82 Å². The Morgan fingerprint density at radius 3 is 2.41 bits per heavy atom. The number of carbonyl (C=O) groups is 2. The van der Waals surface area contributed by atoms with Crippen molar-refractivity contribution in [2.24, 2.45) is 5.41 Å². The molecule has 12 heteroatoms. The fraction of sp³-hybridized carbons (Fsp3) is 0.318. The summed E-state index contributed by atoms with van der Waals surface area (Å²) >= 11 is 0. The number of aryl methyl sites for hydroxylation is 1. The highest BCUT2D eigenvalue weighted by Gasteiger charge is 2.32. The summed E-state index contributed by atoms with van der Waals surface area (Å²) in [6, 6.07) is 3.02. The van der Waals surface area contributed by atoms with Crippen LogP contribution in [0.3, 0.4) is 0 Å². The first-order valence-corrected chi connectivity index (χ1v) is 10.1. The number of pyridine rings is 1. The summed E-state index contributed by atoms with van der Waals surface area (Å²) in [6.07, 6.45) is -2.13. The molecule has 0 saturated carbocycles. The van der Waals surface area contributed by atoms with Gasteiger partial charge in [-0.3, -0.25) is 14.6 Å². The molecule has 2 amide bonds. The van der Waals surface area contributed by atoms with Crippen LogP contribution >= 0.6 is 0 Å². The van der Waals surface area contributed by atoms with Crippen molar-refractivity contribution < 1.29 is 27.2 Å². The van der Waals surface area contributed by atoms with Crippen LogP contribution in [0.15, 0.2) is 36.7 Å². The molecule has 0 radical (unpaired) electrons. The molecule has 0 unspecified atom stereocenters. The molecular weight excluding hydrogens is 456 g/mol. The first-order valence-electron chi connectivity index (χ1n) is 10.1. The largest absolute Gasteiger partial charge is 0.416 e. The normalized spacial score (nSPS) is 11.9. The number of hydrogen-bond acceptors (Lipinski definition) is 5. The molecule has 0 aliphatic carbocycles. The Hall–Kier alpha value is -3.83. The lowest BCUT2D eigenvalue weighted by Crippen LogP contribution is -2.32. The first kappa shape index (κ1) is 24.8. The van der Waals surface area contributed by atoms with Gasteiger partial charge in [-0.25, -0.2) is 9.07 Å². The molecule has 2 aromatic heterocycles. The molecule has 0 saturated heterocycles. The fourth-order valence-electron chi connectivity index (χ4n) is 2.83. The molecular formula is C22H22F4N6O2. The van der Waals surface area contributed by atoms with E-state index >= 15 is 0 Å². The van der Waals surface area contributed by atoms with Crippen molar-refractivity contribution in [3.8, 4) is 5.69 Å². The van der Waals surface area contributed by atoms with Gasteiger partial charge in [0, 0.05) is 12.1 Å². The second-order valence-corrected chi connectivity index (χ2v) is 8.80. The number of alkyl halides is 3. The lowest BCUT2D eigenvalue weighted by Gasteiger charge is -2.17. The number of carbonyl (C=O) groups excluding carboxylic acids is 2. The van der Waals surface area contributed by atoms with E-state index in [-0.39, 0.29) is 16.8 Å². The van der Waals surface area contributed by atoms with Crippen LogP contribution in [0.4, 0.5) is 23.2 Å². The van der Waals surface area contributed by atoms with E-state index in [2.05, 4.69) is 25.9 Å². The van der Waals surface area contributed by atoms with Crippen molar-refractivity contribution in [3.63, 3.8) is 0 Å². The lowest BCUT2D eigenvalue weighted by molar-refractivity contribution is -0.137. The standard InChI is InChI=1S/C22H22F4N6O2/c1-12-18(32-10-17(30-31-32)20(34)28-11-21(2,3)4)8-16(9-27-12)29-19(33)13-5-14(22(24,25)26)7-15(23)6-13/h5-10H,11H2,1-4H3,(H,28,34)(H,29,33). The third-order valence-electron chi connectivity index (χ3n) is 4.56. The quantitative estimate of drug-likeness (QED) is 0.537. The highest BCUT2D eigenvalue weighted by Crippen LogP contribution is 2.30. The van der Waals surface area contributed by atoms with E-state index in [0.717, 1.165) is 0 Å². The van der Waals surface area contributed by atoms with Gasteiger partial charge in [0.05, 0.1) is 35.0 Å². The Bertz CT molecular complexity index is 1230. The molecule has 180 valence electrons. The molecule has 3 rings (SSSR count). The average Bonchev–Trinajstić information content (AvgIpc) is 3.22. The summed E-state index contributed by atoms with van der Waals surface area (Å²) in [5, 5.41) is 12.9. The predicted octanol–water partition coefficient (Wildman–Crippen LogP) is 4.16. The fourth-order valence-corrected chi connectivity index (χ4v) is 2.83.